The quantitative estimate of drug-likeness (QED) is 0.920. The molecule has 0 atom stereocenters. The van der Waals surface area contributed by atoms with Crippen LogP contribution in [-0.2, 0) is 6.54 Å². The SMILES string of the molecule is CCNCc1csc(N2CCSC(C)(C)CC2)n1. The van der Waals surface area contributed by atoms with Crippen molar-refractivity contribution in [2.24, 2.45) is 0 Å². The van der Waals surface area contributed by atoms with Gasteiger partial charge in [0, 0.05) is 35.5 Å². The van der Waals surface area contributed by atoms with Gasteiger partial charge in [0.2, 0.25) is 0 Å². The Balaban J connectivity index is 1.96. The maximum Gasteiger partial charge on any atom is 0.185 e. The summed E-state index contributed by atoms with van der Waals surface area (Å²) in [6.45, 7) is 11.0. The molecule has 0 amide bonds. The van der Waals surface area contributed by atoms with Crippen molar-refractivity contribution in [3.05, 3.63) is 11.1 Å². The highest BCUT2D eigenvalue weighted by Gasteiger charge is 2.24. The second-order valence-electron chi connectivity index (χ2n) is 5.25. The first-order valence-electron chi connectivity index (χ1n) is 6.65. The summed E-state index contributed by atoms with van der Waals surface area (Å²) >= 11 is 3.86. The molecule has 1 fully saturated rings. The van der Waals surface area contributed by atoms with Crippen LogP contribution in [0.2, 0.25) is 0 Å². The molecule has 0 saturated carbocycles. The first kappa shape index (κ1) is 14.2. The van der Waals surface area contributed by atoms with Crippen LogP contribution < -0.4 is 10.2 Å². The second kappa shape index (κ2) is 6.26. The van der Waals surface area contributed by atoms with Gasteiger partial charge in [0.1, 0.15) is 0 Å². The molecule has 0 radical (unpaired) electrons. The van der Waals surface area contributed by atoms with E-state index in [4.69, 9.17) is 4.98 Å². The summed E-state index contributed by atoms with van der Waals surface area (Å²) in [5, 5.41) is 6.71. The van der Waals surface area contributed by atoms with Crippen LogP contribution in [0, 0.1) is 0 Å². The van der Waals surface area contributed by atoms with Crippen molar-refractivity contribution in [3.8, 4) is 0 Å². The van der Waals surface area contributed by atoms with Crippen LogP contribution in [0.4, 0.5) is 5.13 Å². The number of rotatable bonds is 4. The number of aromatic nitrogens is 1. The van der Waals surface area contributed by atoms with Crippen molar-refractivity contribution >= 4 is 28.2 Å². The van der Waals surface area contributed by atoms with Crippen LogP contribution in [0.15, 0.2) is 5.38 Å². The lowest BCUT2D eigenvalue weighted by atomic mass is 10.1. The molecule has 102 valence electrons. The number of nitrogens with zero attached hydrogens (tertiary/aromatic N) is 2. The number of thiazole rings is 1. The van der Waals surface area contributed by atoms with Crippen LogP contribution in [0.5, 0.6) is 0 Å². The third kappa shape index (κ3) is 3.87. The van der Waals surface area contributed by atoms with E-state index in [-0.39, 0.29) is 0 Å². The summed E-state index contributed by atoms with van der Waals surface area (Å²) in [5.41, 5.74) is 1.17. The largest absolute Gasteiger partial charge is 0.347 e. The summed E-state index contributed by atoms with van der Waals surface area (Å²) < 4.78 is 0.415. The van der Waals surface area contributed by atoms with Crippen molar-refractivity contribution in [2.45, 2.75) is 38.5 Å². The van der Waals surface area contributed by atoms with Gasteiger partial charge in [-0.3, -0.25) is 0 Å². The Hall–Kier alpha value is -0.260. The zero-order valence-electron chi connectivity index (χ0n) is 11.5. The Morgan fingerprint density at radius 1 is 1.44 bits per heavy atom. The zero-order valence-corrected chi connectivity index (χ0v) is 13.2. The van der Waals surface area contributed by atoms with E-state index in [1.54, 1.807) is 11.3 Å². The van der Waals surface area contributed by atoms with Crippen molar-refractivity contribution in [1.29, 1.82) is 0 Å². The molecule has 5 heteroatoms. The number of nitrogens with one attached hydrogen (secondary N) is 1. The lowest BCUT2D eigenvalue weighted by Crippen LogP contribution is -2.26. The van der Waals surface area contributed by atoms with E-state index in [1.165, 1.54) is 23.0 Å². The van der Waals surface area contributed by atoms with E-state index in [0.717, 1.165) is 26.2 Å². The average molecular weight is 285 g/mol. The van der Waals surface area contributed by atoms with Gasteiger partial charge in [0.15, 0.2) is 5.13 Å². The molecule has 1 aliphatic rings. The minimum atomic E-state index is 0.415. The first-order valence-corrected chi connectivity index (χ1v) is 8.51. The topological polar surface area (TPSA) is 28.2 Å². The first-order chi connectivity index (χ1) is 8.61. The third-order valence-corrected chi connectivity index (χ3v) is 5.53. The fourth-order valence-electron chi connectivity index (χ4n) is 1.99. The molecule has 2 rings (SSSR count). The minimum absolute atomic E-state index is 0.415. The summed E-state index contributed by atoms with van der Waals surface area (Å²) in [4.78, 5) is 7.18. The molecule has 0 bridgehead atoms. The van der Waals surface area contributed by atoms with Crippen LogP contribution in [-0.4, -0.2) is 35.1 Å². The predicted octanol–water partition coefficient (Wildman–Crippen LogP) is 2.97. The molecule has 1 N–H and O–H groups in total. The van der Waals surface area contributed by atoms with Gasteiger partial charge in [-0.05, 0) is 13.0 Å². The molecule has 1 aromatic rings. The maximum absolute atomic E-state index is 4.73. The molecule has 2 heterocycles. The molecule has 0 spiro atoms. The highest BCUT2D eigenvalue weighted by Crippen LogP contribution is 2.33. The van der Waals surface area contributed by atoms with Gasteiger partial charge in [0.25, 0.3) is 0 Å². The molecule has 0 unspecified atom stereocenters. The van der Waals surface area contributed by atoms with Crippen LogP contribution in [0.25, 0.3) is 0 Å². The molecule has 1 aliphatic heterocycles. The molecular formula is C13H23N3S2. The van der Waals surface area contributed by atoms with Crippen LogP contribution in [0.3, 0.4) is 0 Å². The molecule has 1 saturated heterocycles. The predicted molar refractivity (Wildman–Crippen MR) is 82.9 cm³/mol. The van der Waals surface area contributed by atoms with Gasteiger partial charge in [0.05, 0.1) is 5.69 Å². The Morgan fingerprint density at radius 3 is 3.06 bits per heavy atom. The Labute approximate surface area is 118 Å². The normalized spacial score (nSPS) is 19.8. The van der Waals surface area contributed by atoms with Gasteiger partial charge in [-0.15, -0.1) is 11.3 Å². The van der Waals surface area contributed by atoms with Crippen molar-refractivity contribution in [3.63, 3.8) is 0 Å². The summed E-state index contributed by atoms with van der Waals surface area (Å²) in [5.74, 6) is 1.20. The Bertz CT molecular complexity index is 376. The highest BCUT2D eigenvalue weighted by molar-refractivity contribution is 8.00. The molecule has 0 aliphatic carbocycles. The fraction of sp³-hybridized carbons (Fsp3) is 0.769. The smallest absolute Gasteiger partial charge is 0.185 e. The zero-order chi connectivity index (χ0) is 13.0. The summed E-state index contributed by atoms with van der Waals surface area (Å²) in [6, 6.07) is 0. The number of hydrogen-bond donors (Lipinski definition) is 1. The van der Waals surface area contributed by atoms with E-state index < -0.39 is 0 Å². The number of anilines is 1. The van der Waals surface area contributed by atoms with Gasteiger partial charge in [-0.2, -0.15) is 11.8 Å². The van der Waals surface area contributed by atoms with Crippen LogP contribution in [0.1, 0.15) is 32.9 Å². The highest BCUT2D eigenvalue weighted by atomic mass is 32.2. The van der Waals surface area contributed by atoms with Gasteiger partial charge < -0.3 is 10.2 Å². The van der Waals surface area contributed by atoms with Crippen molar-refractivity contribution in [1.82, 2.24) is 10.3 Å². The van der Waals surface area contributed by atoms with E-state index >= 15 is 0 Å². The van der Waals surface area contributed by atoms with Gasteiger partial charge >= 0.3 is 0 Å². The van der Waals surface area contributed by atoms with Crippen molar-refractivity contribution in [2.75, 3.05) is 30.3 Å². The van der Waals surface area contributed by atoms with E-state index in [1.807, 2.05) is 0 Å². The second-order valence-corrected chi connectivity index (χ2v) is 7.89. The molecular weight excluding hydrogens is 262 g/mol. The third-order valence-electron chi connectivity index (χ3n) is 3.20. The molecule has 18 heavy (non-hydrogen) atoms. The molecule has 0 aromatic carbocycles. The van der Waals surface area contributed by atoms with E-state index in [2.05, 4.69) is 48.1 Å². The number of hydrogen-bond acceptors (Lipinski definition) is 5. The fourth-order valence-corrected chi connectivity index (χ4v) is 3.97. The maximum atomic E-state index is 4.73. The van der Waals surface area contributed by atoms with Crippen molar-refractivity contribution < 1.29 is 0 Å². The summed E-state index contributed by atoms with van der Waals surface area (Å²) in [6.07, 6.45) is 1.24. The number of thioether (sulfide) groups is 1. The Kier molecular flexibility index (Phi) is 4.92. The standard InChI is InChI=1S/C13H23N3S2/c1-4-14-9-11-10-17-12(15-11)16-6-5-13(2,3)18-8-7-16/h10,14H,4-9H2,1-3H3. The monoisotopic (exact) mass is 285 g/mol. The summed E-state index contributed by atoms with van der Waals surface area (Å²) in [7, 11) is 0. The van der Waals surface area contributed by atoms with E-state index in [0.29, 0.717) is 4.75 Å². The van der Waals surface area contributed by atoms with Crippen LogP contribution >= 0.6 is 23.1 Å². The van der Waals surface area contributed by atoms with Gasteiger partial charge in [-0.1, -0.05) is 20.8 Å². The Morgan fingerprint density at radius 2 is 2.28 bits per heavy atom. The van der Waals surface area contributed by atoms with Gasteiger partial charge in [-0.25, -0.2) is 4.98 Å². The van der Waals surface area contributed by atoms with E-state index in [9.17, 15) is 0 Å². The lowest BCUT2D eigenvalue weighted by Gasteiger charge is -2.22. The minimum Gasteiger partial charge on any atom is -0.347 e. The molecule has 3 nitrogen and oxygen atoms in total. The average Bonchev–Trinajstić information content (AvgIpc) is 2.72. The molecule has 1 aromatic heterocycles. The lowest BCUT2D eigenvalue weighted by molar-refractivity contribution is 0.636.